The number of hydrogen-bond donors (Lipinski definition) is 2. The standard InChI is InChI=1S/C12H21BrN2O2/c1-9(13)8-15-10(16)6-5-7-14-11(17)12(2,3)4/h1,5-8H2,2-4H3,(H,14,17)(H,15,16). The van der Waals surface area contributed by atoms with Crippen molar-refractivity contribution in [1.29, 1.82) is 0 Å². The van der Waals surface area contributed by atoms with Crippen LogP contribution in [0.15, 0.2) is 11.1 Å². The molecule has 0 atom stereocenters. The molecule has 0 aliphatic heterocycles. The number of nitrogens with one attached hydrogen (secondary N) is 2. The summed E-state index contributed by atoms with van der Waals surface area (Å²) in [6, 6.07) is 0. The lowest BCUT2D eigenvalue weighted by atomic mass is 9.96. The first-order valence-corrected chi connectivity index (χ1v) is 6.41. The summed E-state index contributed by atoms with van der Waals surface area (Å²) in [5.41, 5.74) is -0.379. The van der Waals surface area contributed by atoms with Gasteiger partial charge < -0.3 is 10.6 Å². The van der Waals surface area contributed by atoms with Crippen LogP contribution in [0.25, 0.3) is 0 Å². The molecule has 0 unspecified atom stereocenters. The molecule has 0 aliphatic carbocycles. The molecule has 17 heavy (non-hydrogen) atoms. The fourth-order valence-electron chi connectivity index (χ4n) is 0.999. The Hall–Kier alpha value is -0.840. The summed E-state index contributed by atoms with van der Waals surface area (Å²) in [5.74, 6) is -0.0256. The van der Waals surface area contributed by atoms with Gasteiger partial charge in [0.15, 0.2) is 0 Å². The monoisotopic (exact) mass is 304 g/mol. The normalized spacial score (nSPS) is 10.8. The zero-order valence-electron chi connectivity index (χ0n) is 10.7. The predicted molar refractivity (Wildman–Crippen MR) is 72.8 cm³/mol. The fraction of sp³-hybridized carbons (Fsp3) is 0.667. The van der Waals surface area contributed by atoms with Gasteiger partial charge in [-0.1, -0.05) is 43.3 Å². The molecule has 98 valence electrons. The van der Waals surface area contributed by atoms with Gasteiger partial charge in [-0.2, -0.15) is 0 Å². The second-order valence-corrected chi connectivity index (χ2v) is 6.02. The van der Waals surface area contributed by atoms with Crippen LogP contribution in [0.2, 0.25) is 0 Å². The number of hydrogen-bond acceptors (Lipinski definition) is 2. The van der Waals surface area contributed by atoms with Crippen molar-refractivity contribution < 1.29 is 9.59 Å². The van der Waals surface area contributed by atoms with Gasteiger partial charge in [0.05, 0.1) is 0 Å². The van der Waals surface area contributed by atoms with E-state index in [0.29, 0.717) is 25.9 Å². The van der Waals surface area contributed by atoms with E-state index in [4.69, 9.17) is 0 Å². The van der Waals surface area contributed by atoms with Gasteiger partial charge in [0.25, 0.3) is 0 Å². The highest BCUT2D eigenvalue weighted by atomic mass is 79.9. The number of carbonyl (C=O) groups is 2. The van der Waals surface area contributed by atoms with Crippen LogP contribution in [0.4, 0.5) is 0 Å². The van der Waals surface area contributed by atoms with Gasteiger partial charge in [-0.15, -0.1) is 0 Å². The van der Waals surface area contributed by atoms with Crippen molar-refractivity contribution in [2.45, 2.75) is 33.6 Å². The van der Waals surface area contributed by atoms with Crippen molar-refractivity contribution in [1.82, 2.24) is 10.6 Å². The van der Waals surface area contributed by atoms with E-state index >= 15 is 0 Å². The van der Waals surface area contributed by atoms with Gasteiger partial charge in [-0.25, -0.2) is 0 Å². The molecule has 0 radical (unpaired) electrons. The molecule has 0 rings (SSSR count). The molecule has 0 aromatic heterocycles. The third-order valence-corrected chi connectivity index (χ3v) is 2.31. The Labute approximate surface area is 111 Å². The highest BCUT2D eigenvalue weighted by molar-refractivity contribution is 9.11. The van der Waals surface area contributed by atoms with Gasteiger partial charge in [0.2, 0.25) is 11.8 Å². The van der Waals surface area contributed by atoms with Crippen LogP contribution < -0.4 is 10.6 Å². The van der Waals surface area contributed by atoms with E-state index in [1.54, 1.807) is 0 Å². The molecule has 0 saturated heterocycles. The van der Waals surface area contributed by atoms with Crippen molar-refractivity contribution >= 4 is 27.7 Å². The molecule has 2 amide bonds. The van der Waals surface area contributed by atoms with Crippen LogP contribution in [0.5, 0.6) is 0 Å². The number of rotatable bonds is 6. The molecule has 0 heterocycles. The molecule has 0 aliphatic rings. The maximum absolute atomic E-state index is 11.5. The largest absolute Gasteiger partial charge is 0.356 e. The molecular formula is C12H21BrN2O2. The zero-order chi connectivity index (χ0) is 13.5. The average Bonchev–Trinajstić information content (AvgIpc) is 2.19. The van der Waals surface area contributed by atoms with E-state index in [-0.39, 0.29) is 17.2 Å². The maximum Gasteiger partial charge on any atom is 0.225 e. The van der Waals surface area contributed by atoms with E-state index in [1.807, 2.05) is 20.8 Å². The Morgan fingerprint density at radius 3 is 2.29 bits per heavy atom. The fourth-order valence-corrected chi connectivity index (χ4v) is 1.14. The van der Waals surface area contributed by atoms with Crippen molar-refractivity contribution in [3.63, 3.8) is 0 Å². The number of carbonyl (C=O) groups excluding carboxylic acids is 2. The minimum Gasteiger partial charge on any atom is -0.356 e. The average molecular weight is 305 g/mol. The van der Waals surface area contributed by atoms with Crippen molar-refractivity contribution in [2.24, 2.45) is 5.41 Å². The first-order valence-electron chi connectivity index (χ1n) is 5.61. The Morgan fingerprint density at radius 2 is 1.82 bits per heavy atom. The molecule has 0 saturated carbocycles. The predicted octanol–water partition coefficient (Wildman–Crippen LogP) is 1.95. The van der Waals surface area contributed by atoms with Gasteiger partial charge in [-0.3, -0.25) is 9.59 Å². The summed E-state index contributed by atoms with van der Waals surface area (Å²) >= 11 is 3.16. The highest BCUT2D eigenvalue weighted by Crippen LogP contribution is 2.12. The first-order chi connectivity index (χ1) is 7.73. The lowest BCUT2D eigenvalue weighted by Gasteiger charge is -2.17. The molecule has 0 spiro atoms. The van der Waals surface area contributed by atoms with Crippen LogP contribution in [0, 0.1) is 5.41 Å². The minimum atomic E-state index is -0.379. The Balaban J connectivity index is 3.62. The van der Waals surface area contributed by atoms with Crippen LogP contribution in [-0.4, -0.2) is 24.9 Å². The van der Waals surface area contributed by atoms with Gasteiger partial charge in [-0.05, 0) is 6.42 Å². The molecule has 5 heteroatoms. The van der Waals surface area contributed by atoms with E-state index in [1.165, 1.54) is 0 Å². The minimum absolute atomic E-state index is 0.00624. The summed E-state index contributed by atoms with van der Waals surface area (Å²) in [6.45, 7) is 10.2. The summed E-state index contributed by atoms with van der Waals surface area (Å²) in [5, 5.41) is 5.50. The van der Waals surface area contributed by atoms with Crippen LogP contribution in [-0.2, 0) is 9.59 Å². The SMILES string of the molecule is C=C(Br)CNC(=O)CCCNC(=O)C(C)(C)C. The van der Waals surface area contributed by atoms with Gasteiger partial charge in [0.1, 0.15) is 0 Å². The summed E-state index contributed by atoms with van der Waals surface area (Å²) in [7, 11) is 0. The van der Waals surface area contributed by atoms with Gasteiger partial charge >= 0.3 is 0 Å². The highest BCUT2D eigenvalue weighted by Gasteiger charge is 2.20. The van der Waals surface area contributed by atoms with Crippen molar-refractivity contribution in [3.05, 3.63) is 11.1 Å². The molecule has 0 aromatic rings. The Morgan fingerprint density at radius 1 is 1.24 bits per heavy atom. The number of halogens is 1. The smallest absolute Gasteiger partial charge is 0.225 e. The van der Waals surface area contributed by atoms with Crippen LogP contribution >= 0.6 is 15.9 Å². The lowest BCUT2D eigenvalue weighted by Crippen LogP contribution is -2.35. The molecule has 2 N–H and O–H groups in total. The molecular weight excluding hydrogens is 284 g/mol. The lowest BCUT2D eigenvalue weighted by molar-refractivity contribution is -0.128. The summed E-state index contributed by atoms with van der Waals surface area (Å²) < 4.78 is 0.742. The van der Waals surface area contributed by atoms with Crippen LogP contribution in [0.3, 0.4) is 0 Å². The van der Waals surface area contributed by atoms with Crippen molar-refractivity contribution in [2.75, 3.05) is 13.1 Å². The van der Waals surface area contributed by atoms with E-state index in [9.17, 15) is 9.59 Å². The Kier molecular flexibility index (Phi) is 7.11. The van der Waals surface area contributed by atoms with Gasteiger partial charge in [0, 0.05) is 29.4 Å². The topological polar surface area (TPSA) is 58.2 Å². The van der Waals surface area contributed by atoms with E-state index in [0.717, 1.165) is 4.48 Å². The van der Waals surface area contributed by atoms with E-state index < -0.39 is 0 Å². The Bertz CT molecular complexity index is 295. The number of amides is 2. The first kappa shape index (κ1) is 16.2. The summed E-state index contributed by atoms with van der Waals surface area (Å²) in [4.78, 5) is 22.8. The van der Waals surface area contributed by atoms with Crippen LogP contribution in [0.1, 0.15) is 33.6 Å². The molecule has 0 aromatic carbocycles. The maximum atomic E-state index is 11.5. The molecule has 0 fully saturated rings. The third kappa shape index (κ3) is 8.92. The quantitative estimate of drug-likeness (QED) is 0.737. The second kappa shape index (κ2) is 7.48. The molecule has 4 nitrogen and oxygen atoms in total. The third-order valence-electron chi connectivity index (χ3n) is 2.02. The zero-order valence-corrected chi connectivity index (χ0v) is 12.3. The molecule has 0 bridgehead atoms. The van der Waals surface area contributed by atoms with E-state index in [2.05, 4.69) is 33.1 Å². The summed E-state index contributed by atoms with van der Waals surface area (Å²) in [6.07, 6.45) is 1.05. The van der Waals surface area contributed by atoms with Crippen molar-refractivity contribution in [3.8, 4) is 0 Å². The second-order valence-electron chi connectivity index (χ2n) is 4.90.